The summed E-state index contributed by atoms with van der Waals surface area (Å²) in [6.07, 6.45) is 1.30. The maximum absolute atomic E-state index is 11.0. The number of carbonyl (C=O) groups is 1. The number of fused-ring (bicyclic) bond motifs is 3. The van der Waals surface area contributed by atoms with Gasteiger partial charge in [-0.2, -0.15) is 0 Å². The van der Waals surface area contributed by atoms with Crippen molar-refractivity contribution in [3.05, 3.63) is 53.2 Å². The van der Waals surface area contributed by atoms with Crippen molar-refractivity contribution < 1.29 is 9.90 Å². The molecule has 3 rings (SSSR count). The molecule has 3 aromatic rings. The fourth-order valence-electron chi connectivity index (χ4n) is 2.05. The summed E-state index contributed by atoms with van der Waals surface area (Å²) in [5.41, 5.74) is 0.752. The van der Waals surface area contributed by atoms with Crippen LogP contribution in [0.15, 0.2) is 42.6 Å². The largest absolute Gasteiger partial charge is 0.478 e. The maximum Gasteiger partial charge on any atom is 0.338 e. The molecule has 4 heteroatoms. The van der Waals surface area contributed by atoms with Gasteiger partial charge in [-0.05, 0) is 5.39 Å². The number of aromatic nitrogens is 1. The van der Waals surface area contributed by atoms with Crippen LogP contribution in [0, 0.1) is 0 Å². The lowest BCUT2D eigenvalue weighted by atomic mass is 10.1. The molecule has 3 nitrogen and oxygen atoms in total. The van der Waals surface area contributed by atoms with E-state index in [1.165, 1.54) is 6.20 Å². The van der Waals surface area contributed by atoms with Crippen LogP contribution in [-0.4, -0.2) is 16.1 Å². The summed E-state index contributed by atoms with van der Waals surface area (Å²) in [5.74, 6) is -1.07. The first-order valence-electron chi connectivity index (χ1n) is 5.38. The summed E-state index contributed by atoms with van der Waals surface area (Å²) in [6.45, 7) is 0. The molecule has 0 saturated heterocycles. The van der Waals surface area contributed by atoms with Gasteiger partial charge in [-0.3, -0.25) is 4.98 Å². The molecule has 0 atom stereocenters. The number of benzene rings is 2. The van der Waals surface area contributed by atoms with Crippen molar-refractivity contribution in [1.82, 2.24) is 4.98 Å². The van der Waals surface area contributed by atoms with Gasteiger partial charge in [0.1, 0.15) is 0 Å². The fourth-order valence-corrected chi connectivity index (χ4v) is 2.33. The number of aromatic carboxylic acids is 1. The third kappa shape index (κ3) is 1.52. The molecule has 0 spiro atoms. The molecule has 0 amide bonds. The highest BCUT2D eigenvalue weighted by Crippen LogP contribution is 2.30. The third-order valence-corrected chi connectivity index (χ3v) is 3.33. The van der Waals surface area contributed by atoms with Gasteiger partial charge < -0.3 is 5.11 Å². The number of halogens is 1. The predicted octanol–water partition coefficient (Wildman–Crippen LogP) is 3.74. The van der Waals surface area contributed by atoms with Crippen molar-refractivity contribution in [2.75, 3.05) is 0 Å². The molecule has 0 unspecified atom stereocenters. The summed E-state index contributed by atoms with van der Waals surface area (Å²) in [6, 6.07) is 11.5. The van der Waals surface area contributed by atoms with Crippen LogP contribution in [0.25, 0.3) is 21.7 Å². The summed E-state index contributed by atoms with van der Waals surface area (Å²) in [7, 11) is 0. The van der Waals surface area contributed by atoms with Crippen molar-refractivity contribution in [3.8, 4) is 0 Å². The van der Waals surface area contributed by atoms with Gasteiger partial charge >= 0.3 is 5.97 Å². The zero-order valence-electron chi connectivity index (χ0n) is 9.22. The van der Waals surface area contributed by atoms with Gasteiger partial charge in [-0.1, -0.05) is 48.0 Å². The number of rotatable bonds is 1. The number of carboxylic acid groups (broad SMARTS) is 1. The van der Waals surface area contributed by atoms with E-state index in [2.05, 4.69) is 4.98 Å². The van der Waals surface area contributed by atoms with Gasteiger partial charge in [0, 0.05) is 17.0 Å². The second-order valence-corrected chi connectivity index (χ2v) is 4.35. The Morgan fingerprint density at radius 2 is 1.89 bits per heavy atom. The number of hydrogen-bond acceptors (Lipinski definition) is 2. The molecule has 0 aliphatic carbocycles. The molecule has 88 valence electrons. The summed E-state index contributed by atoms with van der Waals surface area (Å²) in [5, 5.41) is 11.9. The van der Waals surface area contributed by atoms with Gasteiger partial charge in [0.15, 0.2) is 0 Å². The van der Waals surface area contributed by atoms with Crippen LogP contribution in [-0.2, 0) is 0 Å². The van der Waals surface area contributed by atoms with Gasteiger partial charge in [0.2, 0.25) is 0 Å². The number of hydrogen-bond donors (Lipinski definition) is 1. The predicted molar refractivity (Wildman–Crippen MR) is 71.2 cm³/mol. The van der Waals surface area contributed by atoms with E-state index in [4.69, 9.17) is 16.7 Å². The molecule has 0 fully saturated rings. The number of nitrogens with zero attached hydrogens (tertiary/aromatic N) is 1. The van der Waals surface area contributed by atoms with Crippen molar-refractivity contribution in [1.29, 1.82) is 0 Å². The molecule has 1 aromatic heterocycles. The highest BCUT2D eigenvalue weighted by molar-refractivity contribution is 6.38. The molecular formula is C14H8ClNO2. The molecule has 0 saturated carbocycles. The summed E-state index contributed by atoms with van der Waals surface area (Å²) < 4.78 is 0. The van der Waals surface area contributed by atoms with Gasteiger partial charge in [-0.15, -0.1) is 0 Å². The van der Waals surface area contributed by atoms with E-state index >= 15 is 0 Å². The first-order valence-corrected chi connectivity index (χ1v) is 5.75. The zero-order chi connectivity index (χ0) is 12.7. The van der Waals surface area contributed by atoms with Crippen LogP contribution in [0.4, 0.5) is 0 Å². The molecule has 0 bridgehead atoms. The molecule has 0 radical (unpaired) electrons. The SMILES string of the molecule is O=C(O)c1cnc2c(ccc3ccccc32)c1Cl. The van der Waals surface area contributed by atoms with E-state index in [0.717, 1.165) is 16.3 Å². The lowest BCUT2D eigenvalue weighted by Crippen LogP contribution is -1.99. The molecule has 1 N–H and O–H groups in total. The van der Waals surface area contributed by atoms with Crippen LogP contribution in [0.2, 0.25) is 5.02 Å². The minimum Gasteiger partial charge on any atom is -0.478 e. The standard InChI is InChI=1S/C14H8ClNO2/c15-12-10-6-5-8-3-1-2-4-9(8)13(10)16-7-11(12)14(17)18/h1-7H,(H,17,18). The molecule has 1 heterocycles. The Bertz CT molecular complexity index is 783. The topological polar surface area (TPSA) is 50.2 Å². The smallest absolute Gasteiger partial charge is 0.338 e. The molecule has 18 heavy (non-hydrogen) atoms. The van der Waals surface area contributed by atoms with Gasteiger partial charge in [0.25, 0.3) is 0 Å². The Balaban J connectivity index is 2.48. The van der Waals surface area contributed by atoms with Gasteiger partial charge in [0.05, 0.1) is 16.1 Å². The normalized spacial score (nSPS) is 10.9. The Kier molecular flexibility index (Phi) is 2.42. The van der Waals surface area contributed by atoms with Crippen LogP contribution in [0.5, 0.6) is 0 Å². The van der Waals surface area contributed by atoms with E-state index in [-0.39, 0.29) is 10.6 Å². The lowest BCUT2D eigenvalue weighted by molar-refractivity contribution is 0.0697. The van der Waals surface area contributed by atoms with Crippen molar-refractivity contribution >= 4 is 39.2 Å². The second-order valence-electron chi connectivity index (χ2n) is 3.97. The molecule has 0 aliphatic heterocycles. The zero-order valence-corrected chi connectivity index (χ0v) is 9.98. The third-order valence-electron chi connectivity index (χ3n) is 2.93. The van der Waals surface area contributed by atoms with Crippen LogP contribution < -0.4 is 0 Å². The quantitative estimate of drug-likeness (QED) is 0.676. The van der Waals surface area contributed by atoms with E-state index in [1.54, 1.807) is 6.07 Å². The lowest BCUT2D eigenvalue weighted by Gasteiger charge is -2.06. The van der Waals surface area contributed by atoms with Gasteiger partial charge in [-0.25, -0.2) is 4.79 Å². The molecular weight excluding hydrogens is 250 g/mol. The first-order chi connectivity index (χ1) is 8.68. The molecule has 0 aliphatic rings. The Hall–Kier alpha value is -2.13. The monoisotopic (exact) mass is 257 g/mol. The Morgan fingerprint density at radius 1 is 1.11 bits per heavy atom. The second kappa shape index (κ2) is 3.96. The van der Waals surface area contributed by atoms with Crippen LogP contribution in [0.3, 0.4) is 0 Å². The van der Waals surface area contributed by atoms with E-state index < -0.39 is 5.97 Å². The maximum atomic E-state index is 11.0. The highest BCUT2D eigenvalue weighted by Gasteiger charge is 2.13. The molecule has 2 aromatic carbocycles. The van der Waals surface area contributed by atoms with Crippen LogP contribution >= 0.6 is 11.6 Å². The number of carboxylic acids is 1. The summed E-state index contributed by atoms with van der Waals surface area (Å²) in [4.78, 5) is 15.2. The minimum atomic E-state index is -1.07. The van der Waals surface area contributed by atoms with E-state index in [0.29, 0.717) is 5.39 Å². The van der Waals surface area contributed by atoms with E-state index in [1.807, 2.05) is 30.3 Å². The minimum absolute atomic E-state index is 0.0273. The Morgan fingerprint density at radius 3 is 2.67 bits per heavy atom. The van der Waals surface area contributed by atoms with Crippen molar-refractivity contribution in [3.63, 3.8) is 0 Å². The Labute approximate surface area is 108 Å². The summed E-state index contributed by atoms with van der Waals surface area (Å²) >= 11 is 6.12. The number of pyridine rings is 1. The average Bonchev–Trinajstić information content (AvgIpc) is 2.38. The van der Waals surface area contributed by atoms with E-state index in [9.17, 15) is 4.79 Å². The first kappa shape index (κ1) is 11.0. The van der Waals surface area contributed by atoms with Crippen LogP contribution in [0.1, 0.15) is 10.4 Å². The van der Waals surface area contributed by atoms with Crippen molar-refractivity contribution in [2.24, 2.45) is 0 Å². The average molecular weight is 258 g/mol. The van der Waals surface area contributed by atoms with Crippen molar-refractivity contribution in [2.45, 2.75) is 0 Å². The highest BCUT2D eigenvalue weighted by atomic mass is 35.5. The fraction of sp³-hybridized carbons (Fsp3) is 0.